The maximum absolute atomic E-state index is 13.6. The molecule has 0 saturated heterocycles. The predicted octanol–water partition coefficient (Wildman–Crippen LogP) is 4.34. The molecular weight excluding hydrogens is 466 g/mol. The third-order valence-electron chi connectivity index (χ3n) is 5.84. The van der Waals surface area contributed by atoms with Crippen LogP contribution >= 0.6 is 0 Å². The minimum atomic E-state index is -2.69. The molecule has 1 atom stereocenters. The summed E-state index contributed by atoms with van der Waals surface area (Å²) in [7, 11) is 0. The van der Waals surface area contributed by atoms with Gasteiger partial charge in [-0.1, -0.05) is 18.2 Å². The molecule has 0 aliphatic heterocycles. The van der Waals surface area contributed by atoms with Gasteiger partial charge in [-0.25, -0.2) is 23.3 Å². The number of nitrogen functional groups attached to an aromatic ring is 1. The highest BCUT2D eigenvalue weighted by Crippen LogP contribution is 2.34. The Morgan fingerprint density at radius 2 is 1.86 bits per heavy atom. The van der Waals surface area contributed by atoms with Crippen LogP contribution in [-0.2, 0) is 0 Å². The van der Waals surface area contributed by atoms with Crippen LogP contribution in [0, 0.1) is 6.92 Å². The number of nitrogens with two attached hydrogens (primary N) is 1. The molecule has 36 heavy (non-hydrogen) atoms. The van der Waals surface area contributed by atoms with Gasteiger partial charge in [0.1, 0.15) is 23.5 Å². The van der Waals surface area contributed by atoms with Gasteiger partial charge in [0, 0.05) is 29.7 Å². The Hall–Kier alpha value is -4.67. The van der Waals surface area contributed by atoms with E-state index in [1.807, 2.05) is 50.2 Å². The number of halogens is 2. The number of hydrogen-bond acceptors (Lipinski definition) is 7. The SMILES string of the molecule is Cc1ccn2nc([C@H](C)Nc3ncnc(N)c3-c3cncc(C(F)F)c3)n(-c3ccccc3)c(=O)c12. The number of hydrogen-bond donors (Lipinski definition) is 2. The molecule has 0 fully saturated rings. The quantitative estimate of drug-likeness (QED) is 0.365. The molecule has 4 heterocycles. The van der Waals surface area contributed by atoms with Crippen LogP contribution in [0.25, 0.3) is 22.3 Å². The van der Waals surface area contributed by atoms with E-state index in [9.17, 15) is 13.6 Å². The molecule has 4 aromatic heterocycles. The summed E-state index contributed by atoms with van der Waals surface area (Å²) in [6, 6.07) is 11.8. The lowest BCUT2D eigenvalue weighted by atomic mass is 10.1. The lowest BCUT2D eigenvalue weighted by molar-refractivity contribution is 0.151. The number of alkyl halides is 2. The number of nitrogens with zero attached hydrogens (tertiary/aromatic N) is 6. The number of anilines is 2. The molecule has 0 radical (unpaired) electrons. The first-order valence-corrected chi connectivity index (χ1v) is 11.1. The van der Waals surface area contributed by atoms with Crippen molar-refractivity contribution in [3.8, 4) is 16.8 Å². The molecule has 0 aliphatic carbocycles. The fraction of sp³-hybridized carbons (Fsp3) is 0.160. The van der Waals surface area contributed by atoms with Gasteiger partial charge in [0.2, 0.25) is 0 Å². The molecule has 3 N–H and O–H groups in total. The van der Waals surface area contributed by atoms with E-state index in [1.54, 1.807) is 15.3 Å². The Balaban J connectivity index is 1.64. The normalized spacial score (nSPS) is 12.2. The summed E-state index contributed by atoms with van der Waals surface area (Å²) in [6.45, 7) is 3.67. The third-order valence-corrected chi connectivity index (χ3v) is 5.84. The summed E-state index contributed by atoms with van der Waals surface area (Å²) >= 11 is 0. The lowest BCUT2D eigenvalue weighted by Gasteiger charge is -2.21. The van der Waals surface area contributed by atoms with Gasteiger partial charge in [-0.15, -0.1) is 0 Å². The van der Waals surface area contributed by atoms with Crippen LogP contribution in [0.5, 0.6) is 0 Å². The van der Waals surface area contributed by atoms with Crippen molar-refractivity contribution in [1.82, 2.24) is 29.1 Å². The second-order valence-electron chi connectivity index (χ2n) is 8.28. The minimum Gasteiger partial charge on any atom is -0.383 e. The lowest BCUT2D eigenvalue weighted by Crippen LogP contribution is -2.29. The van der Waals surface area contributed by atoms with Crippen LogP contribution in [0.4, 0.5) is 20.4 Å². The number of nitrogens with one attached hydrogen (secondary N) is 1. The minimum absolute atomic E-state index is 0.0952. The van der Waals surface area contributed by atoms with Gasteiger partial charge in [-0.3, -0.25) is 14.3 Å². The molecule has 5 aromatic rings. The van der Waals surface area contributed by atoms with Gasteiger partial charge in [-0.05, 0) is 43.7 Å². The summed E-state index contributed by atoms with van der Waals surface area (Å²) in [6.07, 6.45) is 2.83. The van der Waals surface area contributed by atoms with Crippen molar-refractivity contribution in [3.05, 3.63) is 94.7 Å². The zero-order valence-electron chi connectivity index (χ0n) is 19.4. The number of fused-ring (bicyclic) bond motifs is 1. The van der Waals surface area contributed by atoms with Crippen LogP contribution in [0.15, 0.2) is 72.2 Å². The summed E-state index contributed by atoms with van der Waals surface area (Å²) in [5.74, 6) is 0.801. The average molecular weight is 489 g/mol. The van der Waals surface area contributed by atoms with Crippen LogP contribution in [-0.4, -0.2) is 29.1 Å². The summed E-state index contributed by atoms with van der Waals surface area (Å²) in [4.78, 5) is 25.8. The van der Waals surface area contributed by atoms with E-state index < -0.39 is 12.5 Å². The molecule has 0 unspecified atom stereocenters. The number of pyridine rings is 1. The first-order valence-electron chi connectivity index (χ1n) is 11.1. The summed E-state index contributed by atoms with van der Waals surface area (Å²) < 4.78 is 29.7. The van der Waals surface area contributed by atoms with Crippen molar-refractivity contribution < 1.29 is 8.78 Å². The van der Waals surface area contributed by atoms with E-state index in [4.69, 9.17) is 10.8 Å². The maximum Gasteiger partial charge on any atom is 0.282 e. The maximum atomic E-state index is 13.6. The van der Waals surface area contributed by atoms with E-state index in [1.165, 1.54) is 18.6 Å². The number of aromatic nitrogens is 6. The fourth-order valence-corrected chi connectivity index (χ4v) is 4.12. The number of rotatable bonds is 6. The first kappa shape index (κ1) is 23.1. The van der Waals surface area contributed by atoms with E-state index in [0.717, 1.165) is 11.8 Å². The van der Waals surface area contributed by atoms with Gasteiger partial charge >= 0.3 is 0 Å². The highest BCUT2D eigenvalue weighted by Gasteiger charge is 2.22. The molecule has 11 heteroatoms. The zero-order valence-corrected chi connectivity index (χ0v) is 19.4. The van der Waals surface area contributed by atoms with Gasteiger partial charge in [-0.2, -0.15) is 5.10 Å². The zero-order chi connectivity index (χ0) is 25.4. The van der Waals surface area contributed by atoms with Crippen LogP contribution in [0.2, 0.25) is 0 Å². The molecule has 0 aliphatic rings. The first-order chi connectivity index (χ1) is 17.3. The second-order valence-corrected chi connectivity index (χ2v) is 8.28. The topological polar surface area (TPSA) is 116 Å². The number of aryl methyl sites for hydroxylation is 1. The Morgan fingerprint density at radius 3 is 2.61 bits per heavy atom. The molecule has 0 amide bonds. The van der Waals surface area contributed by atoms with Crippen LogP contribution in [0.1, 0.15) is 36.3 Å². The second kappa shape index (κ2) is 9.17. The molecule has 5 rings (SSSR count). The number of para-hydroxylation sites is 1. The molecule has 182 valence electrons. The molecular formula is C25H22F2N8O. The smallest absolute Gasteiger partial charge is 0.282 e. The van der Waals surface area contributed by atoms with Crippen molar-refractivity contribution in [3.63, 3.8) is 0 Å². The van der Waals surface area contributed by atoms with Crippen molar-refractivity contribution >= 4 is 17.2 Å². The van der Waals surface area contributed by atoms with Crippen molar-refractivity contribution in [1.29, 1.82) is 0 Å². The van der Waals surface area contributed by atoms with E-state index in [2.05, 4.69) is 20.3 Å². The van der Waals surface area contributed by atoms with Gasteiger partial charge in [0.25, 0.3) is 12.0 Å². The van der Waals surface area contributed by atoms with Crippen molar-refractivity contribution in [2.75, 3.05) is 11.1 Å². The van der Waals surface area contributed by atoms with Gasteiger partial charge < -0.3 is 11.1 Å². The summed E-state index contributed by atoms with van der Waals surface area (Å²) in [5, 5.41) is 7.96. The largest absolute Gasteiger partial charge is 0.383 e. The predicted molar refractivity (Wildman–Crippen MR) is 132 cm³/mol. The monoisotopic (exact) mass is 488 g/mol. The Labute approximate surface area is 204 Å². The van der Waals surface area contributed by atoms with Crippen LogP contribution < -0.4 is 16.6 Å². The van der Waals surface area contributed by atoms with Crippen LogP contribution in [0.3, 0.4) is 0 Å². The molecule has 0 spiro atoms. The Morgan fingerprint density at radius 1 is 1.08 bits per heavy atom. The van der Waals surface area contributed by atoms with Gasteiger partial charge in [0.15, 0.2) is 5.82 Å². The number of benzene rings is 1. The molecule has 1 aromatic carbocycles. The standard InChI is InChI=1S/C25H22F2N8O/c1-14-8-9-34-20(14)25(36)35(18-6-4-3-5-7-18)24(33-34)15(2)32-23-19(22(28)30-13-31-23)16-10-17(21(26)27)12-29-11-16/h3-13,15,21H,1-2H3,(H3,28,30,31,32)/t15-/m0/s1. The fourth-order valence-electron chi connectivity index (χ4n) is 4.12. The highest BCUT2D eigenvalue weighted by atomic mass is 19.3. The third kappa shape index (κ3) is 4.04. The molecule has 0 saturated carbocycles. The van der Waals surface area contributed by atoms with Crippen molar-refractivity contribution in [2.45, 2.75) is 26.3 Å². The van der Waals surface area contributed by atoms with E-state index >= 15 is 0 Å². The summed E-state index contributed by atoms with van der Waals surface area (Å²) in [5.41, 5.74) is 8.25. The van der Waals surface area contributed by atoms with Crippen molar-refractivity contribution in [2.24, 2.45) is 0 Å². The molecule has 9 nitrogen and oxygen atoms in total. The highest BCUT2D eigenvalue weighted by molar-refractivity contribution is 5.83. The Bertz CT molecular complexity index is 1610. The van der Waals surface area contributed by atoms with E-state index in [0.29, 0.717) is 34.0 Å². The average Bonchev–Trinajstić information content (AvgIpc) is 3.25. The molecule has 0 bridgehead atoms. The van der Waals surface area contributed by atoms with Gasteiger partial charge in [0.05, 0.1) is 17.3 Å². The van der Waals surface area contributed by atoms with E-state index in [-0.39, 0.29) is 16.9 Å². The Kier molecular flexibility index (Phi) is 5.88.